The lowest BCUT2D eigenvalue weighted by Gasteiger charge is -2.37. The lowest BCUT2D eigenvalue weighted by Crippen LogP contribution is -2.47. The summed E-state index contributed by atoms with van der Waals surface area (Å²) in [5.74, 6) is 0.905. The van der Waals surface area contributed by atoms with Crippen LogP contribution in [0.3, 0.4) is 0 Å². The molecule has 0 aliphatic carbocycles. The number of amides is 1. The molecular weight excluding hydrogens is 276 g/mol. The number of rotatable bonds is 4. The molecule has 114 valence electrons. The second-order valence-corrected chi connectivity index (χ2v) is 5.41. The summed E-state index contributed by atoms with van der Waals surface area (Å²) in [6, 6.07) is 15.8. The van der Waals surface area contributed by atoms with Crippen LogP contribution >= 0.6 is 0 Å². The van der Waals surface area contributed by atoms with Crippen LogP contribution in [0.15, 0.2) is 48.5 Å². The van der Waals surface area contributed by atoms with E-state index in [1.807, 2.05) is 49.4 Å². The standard InChI is InChI=1S/C18H20N2O2/c1-3-16-18(21)19-15-6-4-5-7-17(15)20(16)12-13-8-10-14(22-2)11-9-13/h4-11,16H,3,12H2,1-2H3,(H,19,21). The minimum Gasteiger partial charge on any atom is -0.497 e. The van der Waals surface area contributed by atoms with Crippen molar-refractivity contribution in [1.82, 2.24) is 0 Å². The molecule has 2 aromatic rings. The van der Waals surface area contributed by atoms with Gasteiger partial charge in [-0.05, 0) is 36.2 Å². The van der Waals surface area contributed by atoms with Crippen LogP contribution in [0.4, 0.5) is 11.4 Å². The molecule has 1 aliphatic rings. The van der Waals surface area contributed by atoms with E-state index in [4.69, 9.17) is 4.74 Å². The van der Waals surface area contributed by atoms with Gasteiger partial charge in [0.2, 0.25) is 5.91 Å². The van der Waals surface area contributed by atoms with E-state index >= 15 is 0 Å². The van der Waals surface area contributed by atoms with Gasteiger partial charge >= 0.3 is 0 Å². The average Bonchev–Trinajstić information content (AvgIpc) is 2.55. The van der Waals surface area contributed by atoms with Gasteiger partial charge in [0.05, 0.1) is 18.5 Å². The van der Waals surface area contributed by atoms with Crippen molar-refractivity contribution in [2.45, 2.75) is 25.9 Å². The van der Waals surface area contributed by atoms with Gasteiger partial charge in [-0.1, -0.05) is 31.2 Å². The van der Waals surface area contributed by atoms with E-state index < -0.39 is 0 Å². The molecule has 1 heterocycles. The van der Waals surface area contributed by atoms with E-state index in [1.165, 1.54) is 0 Å². The summed E-state index contributed by atoms with van der Waals surface area (Å²) >= 11 is 0. The normalized spacial score (nSPS) is 16.9. The van der Waals surface area contributed by atoms with Crippen molar-refractivity contribution in [1.29, 1.82) is 0 Å². The highest BCUT2D eigenvalue weighted by molar-refractivity contribution is 6.03. The molecule has 3 rings (SSSR count). The van der Waals surface area contributed by atoms with Gasteiger partial charge in [-0.15, -0.1) is 0 Å². The van der Waals surface area contributed by atoms with Crippen LogP contribution in [0.1, 0.15) is 18.9 Å². The topological polar surface area (TPSA) is 41.6 Å². The number of anilines is 2. The molecule has 4 heteroatoms. The molecule has 1 amide bonds. The second-order valence-electron chi connectivity index (χ2n) is 5.41. The molecule has 1 atom stereocenters. The zero-order valence-corrected chi connectivity index (χ0v) is 12.9. The largest absolute Gasteiger partial charge is 0.497 e. The van der Waals surface area contributed by atoms with Crippen molar-refractivity contribution in [2.24, 2.45) is 0 Å². The maximum atomic E-state index is 12.3. The van der Waals surface area contributed by atoms with Gasteiger partial charge in [-0.3, -0.25) is 4.79 Å². The van der Waals surface area contributed by atoms with Gasteiger partial charge in [0.15, 0.2) is 0 Å². The first-order valence-corrected chi connectivity index (χ1v) is 7.52. The van der Waals surface area contributed by atoms with Crippen molar-refractivity contribution < 1.29 is 9.53 Å². The third-order valence-electron chi connectivity index (χ3n) is 4.05. The quantitative estimate of drug-likeness (QED) is 0.940. The zero-order valence-electron chi connectivity index (χ0n) is 12.9. The van der Waals surface area contributed by atoms with Crippen molar-refractivity contribution in [2.75, 3.05) is 17.3 Å². The SMILES string of the molecule is CCC1C(=O)Nc2ccccc2N1Cc1ccc(OC)cc1. The smallest absolute Gasteiger partial charge is 0.247 e. The van der Waals surface area contributed by atoms with Crippen LogP contribution in [0.25, 0.3) is 0 Å². The Kier molecular flexibility index (Phi) is 4.00. The van der Waals surface area contributed by atoms with Crippen LogP contribution in [-0.4, -0.2) is 19.1 Å². The Labute approximate surface area is 130 Å². The Bertz CT molecular complexity index is 667. The van der Waals surface area contributed by atoms with E-state index in [2.05, 4.69) is 16.3 Å². The van der Waals surface area contributed by atoms with Crippen molar-refractivity contribution in [3.63, 3.8) is 0 Å². The maximum Gasteiger partial charge on any atom is 0.247 e. The Morgan fingerprint density at radius 3 is 2.55 bits per heavy atom. The molecule has 0 saturated heterocycles. The van der Waals surface area contributed by atoms with Crippen LogP contribution in [0, 0.1) is 0 Å². The van der Waals surface area contributed by atoms with Gasteiger partial charge in [0.1, 0.15) is 11.8 Å². The average molecular weight is 296 g/mol. The lowest BCUT2D eigenvalue weighted by atomic mass is 10.0. The van der Waals surface area contributed by atoms with Crippen molar-refractivity contribution in [3.05, 3.63) is 54.1 Å². The van der Waals surface area contributed by atoms with Crippen molar-refractivity contribution in [3.8, 4) is 5.75 Å². The first kappa shape index (κ1) is 14.4. The molecule has 0 spiro atoms. The zero-order chi connectivity index (χ0) is 15.5. The number of ether oxygens (including phenoxy) is 1. The monoisotopic (exact) mass is 296 g/mol. The number of methoxy groups -OCH3 is 1. The fourth-order valence-corrected chi connectivity index (χ4v) is 2.88. The predicted molar refractivity (Wildman–Crippen MR) is 88.3 cm³/mol. The highest BCUT2D eigenvalue weighted by Gasteiger charge is 2.31. The molecule has 1 unspecified atom stereocenters. The van der Waals surface area contributed by atoms with E-state index in [0.717, 1.165) is 29.1 Å². The number of fused-ring (bicyclic) bond motifs is 1. The number of nitrogens with zero attached hydrogens (tertiary/aromatic N) is 1. The Hall–Kier alpha value is -2.49. The highest BCUT2D eigenvalue weighted by atomic mass is 16.5. The summed E-state index contributed by atoms with van der Waals surface area (Å²) in [5, 5.41) is 2.99. The van der Waals surface area contributed by atoms with Crippen LogP contribution in [0.2, 0.25) is 0 Å². The molecule has 22 heavy (non-hydrogen) atoms. The lowest BCUT2D eigenvalue weighted by molar-refractivity contribution is -0.117. The highest BCUT2D eigenvalue weighted by Crippen LogP contribution is 2.34. The second kappa shape index (κ2) is 6.10. The Morgan fingerprint density at radius 2 is 1.86 bits per heavy atom. The molecule has 1 N–H and O–H groups in total. The summed E-state index contributed by atoms with van der Waals surface area (Å²) in [4.78, 5) is 14.5. The van der Waals surface area contributed by atoms with Gasteiger partial charge in [0, 0.05) is 6.54 Å². The summed E-state index contributed by atoms with van der Waals surface area (Å²) < 4.78 is 5.20. The first-order chi connectivity index (χ1) is 10.7. The molecular formula is C18H20N2O2. The number of hydrogen-bond donors (Lipinski definition) is 1. The molecule has 1 aliphatic heterocycles. The minimum absolute atomic E-state index is 0.0645. The summed E-state index contributed by atoms with van der Waals surface area (Å²) in [6.45, 7) is 2.74. The van der Waals surface area contributed by atoms with E-state index in [1.54, 1.807) is 7.11 Å². The third-order valence-corrected chi connectivity index (χ3v) is 4.05. The number of carbonyl (C=O) groups is 1. The molecule has 2 aromatic carbocycles. The van der Waals surface area contributed by atoms with E-state index in [-0.39, 0.29) is 11.9 Å². The van der Waals surface area contributed by atoms with Gasteiger partial charge < -0.3 is 15.0 Å². The summed E-state index contributed by atoms with van der Waals surface area (Å²) in [5.41, 5.74) is 3.11. The fourth-order valence-electron chi connectivity index (χ4n) is 2.88. The number of benzene rings is 2. The summed E-state index contributed by atoms with van der Waals surface area (Å²) in [7, 11) is 1.66. The first-order valence-electron chi connectivity index (χ1n) is 7.52. The van der Waals surface area contributed by atoms with Gasteiger partial charge in [0.25, 0.3) is 0 Å². The Balaban J connectivity index is 1.93. The molecule has 0 fully saturated rings. The number of nitrogens with one attached hydrogen (secondary N) is 1. The number of hydrogen-bond acceptors (Lipinski definition) is 3. The molecule has 0 bridgehead atoms. The Morgan fingerprint density at radius 1 is 1.14 bits per heavy atom. The van der Waals surface area contributed by atoms with Gasteiger partial charge in [-0.2, -0.15) is 0 Å². The third kappa shape index (κ3) is 2.64. The minimum atomic E-state index is -0.142. The van der Waals surface area contributed by atoms with Crippen LogP contribution in [0.5, 0.6) is 5.75 Å². The molecule has 0 radical (unpaired) electrons. The van der Waals surface area contributed by atoms with E-state index in [0.29, 0.717) is 6.54 Å². The molecule has 0 aromatic heterocycles. The molecule has 0 saturated carbocycles. The number of carbonyl (C=O) groups excluding carboxylic acids is 1. The maximum absolute atomic E-state index is 12.3. The number of para-hydroxylation sites is 2. The molecule has 4 nitrogen and oxygen atoms in total. The van der Waals surface area contributed by atoms with Crippen molar-refractivity contribution >= 4 is 17.3 Å². The predicted octanol–water partition coefficient (Wildman–Crippen LogP) is 3.43. The summed E-state index contributed by atoms with van der Waals surface area (Å²) in [6.07, 6.45) is 0.774. The fraction of sp³-hybridized carbons (Fsp3) is 0.278. The van der Waals surface area contributed by atoms with Crippen LogP contribution in [-0.2, 0) is 11.3 Å². The van der Waals surface area contributed by atoms with Crippen LogP contribution < -0.4 is 15.0 Å². The van der Waals surface area contributed by atoms with E-state index in [9.17, 15) is 4.79 Å². The van der Waals surface area contributed by atoms with Gasteiger partial charge in [-0.25, -0.2) is 0 Å².